The largest absolute Gasteiger partial charge is 0.328 e. The van der Waals surface area contributed by atoms with Crippen LogP contribution in [0, 0.1) is 0 Å². The summed E-state index contributed by atoms with van der Waals surface area (Å²) in [5, 5.41) is 10.9. The van der Waals surface area contributed by atoms with Crippen molar-refractivity contribution >= 4 is 22.7 Å². The van der Waals surface area contributed by atoms with Crippen molar-refractivity contribution in [2.75, 3.05) is 0 Å². The molecule has 21 heavy (non-hydrogen) atoms. The van der Waals surface area contributed by atoms with E-state index in [1.54, 1.807) is 6.33 Å². The van der Waals surface area contributed by atoms with Gasteiger partial charge in [-0.15, -0.1) is 10.2 Å². The zero-order valence-corrected chi connectivity index (χ0v) is 12.8. The summed E-state index contributed by atoms with van der Waals surface area (Å²) in [6, 6.07) is 10.4. The van der Waals surface area contributed by atoms with Crippen LogP contribution in [-0.2, 0) is 13.5 Å². The molecule has 0 fully saturated rings. The summed E-state index contributed by atoms with van der Waals surface area (Å²) >= 11 is 1.53. The Balaban J connectivity index is 2.07. The Morgan fingerprint density at radius 1 is 1.33 bits per heavy atom. The van der Waals surface area contributed by atoms with Gasteiger partial charge in [0, 0.05) is 18.5 Å². The van der Waals surface area contributed by atoms with Crippen LogP contribution in [0.4, 0.5) is 0 Å². The highest BCUT2D eigenvalue weighted by atomic mass is 32.2. The summed E-state index contributed by atoms with van der Waals surface area (Å²) < 4.78 is 1.89. The van der Waals surface area contributed by atoms with Gasteiger partial charge in [-0.05, 0) is 42.8 Å². The molecule has 0 aliphatic heterocycles. The van der Waals surface area contributed by atoms with Crippen LogP contribution >= 0.6 is 11.8 Å². The predicted octanol–water partition coefficient (Wildman–Crippen LogP) is 2.40. The molecule has 1 unspecified atom stereocenters. The lowest BCUT2D eigenvalue weighted by Crippen LogP contribution is -2.18. The van der Waals surface area contributed by atoms with Crippen LogP contribution in [0.1, 0.15) is 12.5 Å². The SMILES string of the molecule is CC(N)Cc1cc2ccccc2nc1Sc1nncn1C. The van der Waals surface area contributed by atoms with E-state index in [-0.39, 0.29) is 6.04 Å². The fourth-order valence-electron chi connectivity index (χ4n) is 2.18. The normalized spacial score (nSPS) is 12.7. The standard InChI is InChI=1S/C15H17N5S/c1-10(16)7-12-8-11-5-3-4-6-13(11)18-14(12)21-15-19-17-9-20(15)2/h3-6,8-10H,7,16H2,1-2H3. The molecule has 0 saturated heterocycles. The van der Waals surface area contributed by atoms with Crippen LogP contribution < -0.4 is 5.73 Å². The molecule has 1 aromatic carbocycles. The lowest BCUT2D eigenvalue weighted by Gasteiger charge is -2.11. The van der Waals surface area contributed by atoms with E-state index >= 15 is 0 Å². The summed E-state index contributed by atoms with van der Waals surface area (Å²) in [4.78, 5) is 4.77. The maximum atomic E-state index is 5.97. The van der Waals surface area contributed by atoms with E-state index in [1.807, 2.05) is 36.7 Å². The first kappa shape index (κ1) is 14.0. The highest BCUT2D eigenvalue weighted by Gasteiger charge is 2.13. The molecule has 0 radical (unpaired) electrons. The first-order chi connectivity index (χ1) is 10.1. The lowest BCUT2D eigenvalue weighted by atomic mass is 10.1. The first-order valence-corrected chi connectivity index (χ1v) is 7.61. The molecule has 2 aromatic heterocycles. The van der Waals surface area contributed by atoms with Crippen molar-refractivity contribution in [3.63, 3.8) is 0 Å². The zero-order valence-electron chi connectivity index (χ0n) is 12.0. The quantitative estimate of drug-likeness (QED) is 0.801. The molecular weight excluding hydrogens is 282 g/mol. The third-order valence-corrected chi connectivity index (χ3v) is 4.26. The molecule has 108 valence electrons. The minimum absolute atomic E-state index is 0.0896. The van der Waals surface area contributed by atoms with Crippen LogP contribution in [0.15, 0.2) is 46.8 Å². The van der Waals surface area contributed by atoms with E-state index in [9.17, 15) is 0 Å². The van der Waals surface area contributed by atoms with Crippen LogP contribution in [0.5, 0.6) is 0 Å². The molecule has 0 spiro atoms. The Bertz CT molecular complexity index is 766. The molecule has 3 rings (SSSR count). The molecule has 3 aromatic rings. The van der Waals surface area contributed by atoms with Crippen LogP contribution in [0.2, 0.25) is 0 Å². The molecule has 0 aliphatic carbocycles. The maximum Gasteiger partial charge on any atom is 0.197 e. The summed E-state index contributed by atoms with van der Waals surface area (Å²) in [5.41, 5.74) is 8.10. The van der Waals surface area contributed by atoms with Gasteiger partial charge in [0.05, 0.1) is 5.52 Å². The summed E-state index contributed by atoms with van der Waals surface area (Å²) in [6.45, 7) is 2.01. The average Bonchev–Trinajstić information content (AvgIpc) is 2.84. The number of fused-ring (bicyclic) bond motifs is 1. The number of nitrogens with two attached hydrogens (primary N) is 1. The van der Waals surface area contributed by atoms with Crippen molar-refractivity contribution in [1.29, 1.82) is 0 Å². The molecule has 0 saturated carbocycles. The molecule has 5 nitrogen and oxygen atoms in total. The number of rotatable bonds is 4. The first-order valence-electron chi connectivity index (χ1n) is 6.79. The Kier molecular flexibility index (Phi) is 3.90. The minimum Gasteiger partial charge on any atom is -0.328 e. The molecule has 1 atom stereocenters. The number of benzene rings is 1. The molecule has 0 amide bonds. The van der Waals surface area contributed by atoms with E-state index in [1.165, 1.54) is 11.8 Å². The van der Waals surface area contributed by atoms with Gasteiger partial charge in [0.25, 0.3) is 0 Å². The number of pyridine rings is 1. The van der Waals surface area contributed by atoms with Crippen molar-refractivity contribution in [2.24, 2.45) is 12.8 Å². The van der Waals surface area contributed by atoms with Gasteiger partial charge in [-0.1, -0.05) is 18.2 Å². The van der Waals surface area contributed by atoms with Crippen molar-refractivity contribution in [2.45, 2.75) is 29.6 Å². The monoisotopic (exact) mass is 299 g/mol. The van der Waals surface area contributed by atoms with Gasteiger partial charge >= 0.3 is 0 Å². The average molecular weight is 299 g/mol. The molecule has 2 heterocycles. The highest BCUT2D eigenvalue weighted by molar-refractivity contribution is 7.99. The summed E-state index contributed by atoms with van der Waals surface area (Å²) in [6.07, 6.45) is 2.48. The van der Waals surface area contributed by atoms with E-state index in [0.29, 0.717) is 0 Å². The van der Waals surface area contributed by atoms with Crippen LogP contribution in [0.25, 0.3) is 10.9 Å². The van der Waals surface area contributed by atoms with Crippen LogP contribution in [0.3, 0.4) is 0 Å². The van der Waals surface area contributed by atoms with Gasteiger partial charge in [0.1, 0.15) is 11.4 Å². The van der Waals surface area contributed by atoms with Gasteiger partial charge in [0.2, 0.25) is 0 Å². The van der Waals surface area contributed by atoms with E-state index in [2.05, 4.69) is 22.3 Å². The van der Waals surface area contributed by atoms with E-state index < -0.39 is 0 Å². The molecule has 2 N–H and O–H groups in total. The number of nitrogens with zero attached hydrogens (tertiary/aromatic N) is 4. The lowest BCUT2D eigenvalue weighted by molar-refractivity contribution is 0.723. The fraction of sp³-hybridized carbons (Fsp3) is 0.267. The smallest absolute Gasteiger partial charge is 0.197 e. The fourth-order valence-corrected chi connectivity index (χ4v) is 3.04. The number of aromatic nitrogens is 4. The number of aryl methyl sites for hydroxylation is 1. The second kappa shape index (κ2) is 5.83. The molecule has 6 heteroatoms. The topological polar surface area (TPSA) is 69.6 Å². The predicted molar refractivity (Wildman–Crippen MR) is 84.2 cm³/mol. The molecule has 0 aliphatic rings. The van der Waals surface area contributed by atoms with Gasteiger partial charge < -0.3 is 10.3 Å². The minimum atomic E-state index is 0.0896. The van der Waals surface area contributed by atoms with Gasteiger partial charge in [-0.3, -0.25) is 0 Å². The third-order valence-electron chi connectivity index (χ3n) is 3.16. The molecular formula is C15H17N5S. The highest BCUT2D eigenvalue weighted by Crippen LogP contribution is 2.30. The maximum absolute atomic E-state index is 5.97. The Labute approximate surface area is 127 Å². The summed E-state index contributed by atoms with van der Waals surface area (Å²) in [7, 11) is 1.93. The van der Waals surface area contributed by atoms with Crippen molar-refractivity contribution in [1.82, 2.24) is 19.7 Å². The molecule has 0 bridgehead atoms. The van der Waals surface area contributed by atoms with E-state index in [0.717, 1.165) is 33.1 Å². The second-order valence-electron chi connectivity index (χ2n) is 5.15. The Morgan fingerprint density at radius 2 is 2.14 bits per heavy atom. The van der Waals surface area contributed by atoms with Gasteiger partial charge in [-0.2, -0.15) is 0 Å². The Morgan fingerprint density at radius 3 is 2.86 bits per heavy atom. The number of hydrogen-bond donors (Lipinski definition) is 1. The number of para-hydroxylation sites is 1. The van der Waals surface area contributed by atoms with Gasteiger partial charge in [0.15, 0.2) is 5.16 Å². The third kappa shape index (κ3) is 3.06. The Hall–Kier alpha value is -1.92. The number of hydrogen-bond acceptors (Lipinski definition) is 5. The van der Waals surface area contributed by atoms with Crippen LogP contribution in [-0.4, -0.2) is 25.8 Å². The second-order valence-corrected chi connectivity index (χ2v) is 6.11. The van der Waals surface area contributed by atoms with E-state index in [4.69, 9.17) is 10.7 Å². The van der Waals surface area contributed by atoms with Crippen molar-refractivity contribution in [3.8, 4) is 0 Å². The summed E-state index contributed by atoms with van der Waals surface area (Å²) in [5.74, 6) is 0. The zero-order chi connectivity index (χ0) is 14.8. The van der Waals surface area contributed by atoms with Crippen molar-refractivity contribution < 1.29 is 0 Å². The van der Waals surface area contributed by atoms with Crippen molar-refractivity contribution in [3.05, 3.63) is 42.2 Å². The van der Waals surface area contributed by atoms with Gasteiger partial charge in [-0.25, -0.2) is 4.98 Å².